The Kier molecular flexibility index (Phi) is 3.35. The van der Waals surface area contributed by atoms with Crippen LogP contribution >= 0.6 is 15.9 Å². The summed E-state index contributed by atoms with van der Waals surface area (Å²) in [5, 5.41) is 7.57. The van der Waals surface area contributed by atoms with Crippen molar-refractivity contribution < 1.29 is 0 Å². The standard InChI is InChI=1S/C13H14BrN5O/c1-2-19-7-8(6-16-19)5-15-10-4-12-11(3-9(10)14)17-13(20)18-12/h3-4,6-7,15H,2,5H2,1H3,(H2,17,18,20). The molecule has 20 heavy (non-hydrogen) atoms. The van der Waals surface area contributed by atoms with Gasteiger partial charge in [-0.25, -0.2) is 4.79 Å². The fourth-order valence-corrected chi connectivity index (χ4v) is 2.54. The van der Waals surface area contributed by atoms with Gasteiger partial charge in [-0.05, 0) is 35.0 Å². The fourth-order valence-electron chi connectivity index (χ4n) is 2.06. The smallest absolute Gasteiger partial charge is 0.323 e. The molecule has 7 heteroatoms. The van der Waals surface area contributed by atoms with Crippen LogP contribution in [0, 0.1) is 0 Å². The SMILES string of the molecule is CCn1cc(CNc2cc3[nH]c(=O)[nH]c3cc2Br)cn1. The molecule has 3 aromatic rings. The van der Waals surface area contributed by atoms with Crippen LogP contribution in [0.15, 0.2) is 33.8 Å². The molecular weight excluding hydrogens is 322 g/mol. The first-order chi connectivity index (χ1) is 9.65. The molecular formula is C13H14BrN5O. The molecule has 6 nitrogen and oxygen atoms in total. The topological polar surface area (TPSA) is 78.5 Å². The van der Waals surface area contributed by atoms with Gasteiger partial charge in [-0.2, -0.15) is 5.10 Å². The highest BCUT2D eigenvalue weighted by atomic mass is 79.9. The number of halogens is 1. The minimum Gasteiger partial charge on any atom is -0.380 e. The van der Waals surface area contributed by atoms with Gasteiger partial charge in [0.15, 0.2) is 0 Å². The predicted octanol–water partition coefficient (Wildman–Crippen LogP) is 2.45. The third-order valence-corrected chi connectivity index (χ3v) is 3.75. The highest BCUT2D eigenvalue weighted by Gasteiger charge is 2.06. The summed E-state index contributed by atoms with van der Waals surface area (Å²) >= 11 is 3.50. The maximum Gasteiger partial charge on any atom is 0.323 e. The molecule has 0 aliphatic heterocycles. The molecule has 0 aliphatic carbocycles. The van der Waals surface area contributed by atoms with Gasteiger partial charge in [0.1, 0.15) is 0 Å². The third kappa shape index (κ3) is 2.49. The van der Waals surface area contributed by atoms with Crippen LogP contribution in [0.4, 0.5) is 5.69 Å². The lowest BCUT2D eigenvalue weighted by Gasteiger charge is -2.07. The second-order valence-corrected chi connectivity index (χ2v) is 5.37. The zero-order valence-corrected chi connectivity index (χ0v) is 12.5. The minimum absolute atomic E-state index is 0.201. The van der Waals surface area contributed by atoms with E-state index in [2.05, 4.69) is 43.2 Å². The Balaban J connectivity index is 1.82. The van der Waals surface area contributed by atoms with Gasteiger partial charge in [0.2, 0.25) is 0 Å². The number of imidazole rings is 1. The van der Waals surface area contributed by atoms with E-state index in [1.807, 2.05) is 29.2 Å². The zero-order chi connectivity index (χ0) is 14.1. The molecule has 2 aromatic heterocycles. The first-order valence-corrected chi connectivity index (χ1v) is 7.11. The van der Waals surface area contributed by atoms with Crippen molar-refractivity contribution in [1.82, 2.24) is 19.7 Å². The van der Waals surface area contributed by atoms with Crippen molar-refractivity contribution in [2.24, 2.45) is 0 Å². The van der Waals surface area contributed by atoms with Crippen molar-refractivity contribution in [2.45, 2.75) is 20.0 Å². The number of aryl methyl sites for hydroxylation is 1. The Morgan fingerprint density at radius 3 is 2.80 bits per heavy atom. The summed E-state index contributed by atoms with van der Waals surface area (Å²) in [5.41, 5.74) is 3.41. The number of H-pyrrole nitrogens is 2. The lowest BCUT2D eigenvalue weighted by Crippen LogP contribution is -2.00. The summed E-state index contributed by atoms with van der Waals surface area (Å²) in [5.74, 6) is 0. The molecule has 0 amide bonds. The fraction of sp³-hybridized carbons (Fsp3) is 0.231. The second-order valence-electron chi connectivity index (χ2n) is 4.51. The van der Waals surface area contributed by atoms with E-state index in [-0.39, 0.29) is 5.69 Å². The van der Waals surface area contributed by atoms with Gasteiger partial charge < -0.3 is 15.3 Å². The van der Waals surface area contributed by atoms with Crippen LogP contribution in [0.25, 0.3) is 11.0 Å². The lowest BCUT2D eigenvalue weighted by atomic mass is 10.2. The summed E-state index contributed by atoms with van der Waals surface area (Å²) in [6.45, 7) is 3.59. The maximum absolute atomic E-state index is 11.3. The quantitative estimate of drug-likeness (QED) is 0.685. The Hall–Kier alpha value is -2.02. The van der Waals surface area contributed by atoms with E-state index in [4.69, 9.17) is 0 Å². The number of aromatic amines is 2. The molecule has 0 aliphatic rings. The number of benzene rings is 1. The average molecular weight is 336 g/mol. The second kappa shape index (κ2) is 5.16. The van der Waals surface area contributed by atoms with Crippen molar-refractivity contribution in [2.75, 3.05) is 5.32 Å². The van der Waals surface area contributed by atoms with E-state index in [1.165, 1.54) is 0 Å². The zero-order valence-electron chi connectivity index (χ0n) is 10.9. The predicted molar refractivity (Wildman–Crippen MR) is 81.8 cm³/mol. The van der Waals surface area contributed by atoms with E-state index in [9.17, 15) is 4.79 Å². The van der Waals surface area contributed by atoms with Gasteiger partial charge in [-0.1, -0.05) is 0 Å². The Labute approximate surface area is 123 Å². The number of fused-ring (bicyclic) bond motifs is 1. The van der Waals surface area contributed by atoms with Crippen molar-refractivity contribution in [3.05, 3.63) is 45.0 Å². The van der Waals surface area contributed by atoms with Gasteiger partial charge in [0.25, 0.3) is 0 Å². The van der Waals surface area contributed by atoms with Crippen molar-refractivity contribution >= 4 is 32.7 Å². The Morgan fingerprint density at radius 1 is 1.35 bits per heavy atom. The van der Waals surface area contributed by atoms with Gasteiger partial charge in [0.05, 0.1) is 22.9 Å². The molecule has 0 atom stereocenters. The number of hydrogen-bond acceptors (Lipinski definition) is 3. The van der Waals surface area contributed by atoms with Crippen LogP contribution in [0.5, 0.6) is 0 Å². The summed E-state index contributed by atoms with van der Waals surface area (Å²) in [6, 6.07) is 3.78. The normalized spacial score (nSPS) is 11.1. The molecule has 2 heterocycles. The van der Waals surface area contributed by atoms with E-state index in [1.54, 1.807) is 0 Å². The first kappa shape index (κ1) is 13.0. The summed E-state index contributed by atoms with van der Waals surface area (Å²) in [4.78, 5) is 16.7. The molecule has 1 aromatic carbocycles. The van der Waals surface area contributed by atoms with E-state index < -0.39 is 0 Å². The summed E-state index contributed by atoms with van der Waals surface area (Å²) < 4.78 is 2.79. The van der Waals surface area contributed by atoms with Gasteiger partial charge in [0, 0.05) is 29.3 Å². The average Bonchev–Trinajstić information content (AvgIpc) is 3.01. The summed E-state index contributed by atoms with van der Waals surface area (Å²) in [6.07, 6.45) is 3.86. The van der Waals surface area contributed by atoms with Crippen LogP contribution in [0.2, 0.25) is 0 Å². The molecule has 0 spiro atoms. The third-order valence-electron chi connectivity index (χ3n) is 3.10. The molecule has 3 N–H and O–H groups in total. The van der Waals surface area contributed by atoms with E-state index in [0.29, 0.717) is 6.54 Å². The molecule has 0 bridgehead atoms. The largest absolute Gasteiger partial charge is 0.380 e. The van der Waals surface area contributed by atoms with E-state index >= 15 is 0 Å². The van der Waals surface area contributed by atoms with Crippen LogP contribution in [-0.4, -0.2) is 19.7 Å². The number of hydrogen-bond donors (Lipinski definition) is 3. The van der Waals surface area contributed by atoms with Crippen molar-refractivity contribution in [3.63, 3.8) is 0 Å². The number of rotatable bonds is 4. The molecule has 104 valence electrons. The number of nitrogens with zero attached hydrogens (tertiary/aromatic N) is 2. The highest BCUT2D eigenvalue weighted by Crippen LogP contribution is 2.26. The van der Waals surface area contributed by atoms with Crippen molar-refractivity contribution in [3.8, 4) is 0 Å². The number of nitrogens with one attached hydrogen (secondary N) is 3. The molecule has 0 unspecified atom stereocenters. The van der Waals surface area contributed by atoms with Gasteiger partial charge in [-0.15, -0.1) is 0 Å². The van der Waals surface area contributed by atoms with Crippen LogP contribution in [0.3, 0.4) is 0 Å². The molecule has 0 radical (unpaired) electrons. The Morgan fingerprint density at radius 2 is 2.10 bits per heavy atom. The van der Waals surface area contributed by atoms with Gasteiger partial charge >= 0.3 is 5.69 Å². The number of anilines is 1. The van der Waals surface area contributed by atoms with Crippen LogP contribution in [-0.2, 0) is 13.1 Å². The van der Waals surface area contributed by atoms with Gasteiger partial charge in [-0.3, -0.25) is 4.68 Å². The monoisotopic (exact) mass is 335 g/mol. The minimum atomic E-state index is -0.201. The molecule has 0 saturated heterocycles. The lowest BCUT2D eigenvalue weighted by molar-refractivity contribution is 0.659. The molecule has 3 rings (SSSR count). The van der Waals surface area contributed by atoms with Crippen LogP contribution in [0.1, 0.15) is 12.5 Å². The Bertz CT molecular complexity index is 801. The number of aromatic nitrogens is 4. The summed E-state index contributed by atoms with van der Waals surface area (Å²) in [7, 11) is 0. The molecule has 0 fully saturated rings. The van der Waals surface area contributed by atoms with E-state index in [0.717, 1.165) is 33.3 Å². The van der Waals surface area contributed by atoms with Crippen LogP contribution < -0.4 is 11.0 Å². The van der Waals surface area contributed by atoms with Crippen molar-refractivity contribution in [1.29, 1.82) is 0 Å². The maximum atomic E-state index is 11.3. The highest BCUT2D eigenvalue weighted by molar-refractivity contribution is 9.10. The first-order valence-electron chi connectivity index (χ1n) is 6.32. The molecule has 0 saturated carbocycles.